The molecule has 0 radical (unpaired) electrons. The van der Waals surface area contributed by atoms with Crippen LogP contribution in [-0.4, -0.2) is 0 Å². The minimum Gasteiger partial charge on any atom is -0.408 e. The summed E-state index contributed by atoms with van der Waals surface area (Å²) in [5.41, 5.74) is 3.86. The van der Waals surface area contributed by atoms with Crippen molar-refractivity contribution in [2.75, 3.05) is 0 Å². The van der Waals surface area contributed by atoms with E-state index in [9.17, 15) is 0 Å². The van der Waals surface area contributed by atoms with Gasteiger partial charge in [-0.25, -0.2) is 0 Å². The molecule has 0 heterocycles. The predicted molar refractivity (Wildman–Crippen MR) is 291 cm³/mol. The van der Waals surface area contributed by atoms with Gasteiger partial charge in [-0.15, -0.1) is 0 Å². The molecule has 0 bridgehead atoms. The quantitative estimate of drug-likeness (QED) is 0.0343. The van der Waals surface area contributed by atoms with E-state index < -0.39 is 8.60 Å². The van der Waals surface area contributed by atoms with Crippen LogP contribution in [0.1, 0.15) is 134 Å². The fourth-order valence-corrected chi connectivity index (χ4v) is 11.0. The van der Waals surface area contributed by atoms with E-state index in [0.717, 1.165) is 71.9 Å². The third kappa shape index (κ3) is 11.7. The highest BCUT2D eigenvalue weighted by Gasteiger charge is 2.25. The van der Waals surface area contributed by atoms with E-state index in [4.69, 9.17) is 13.6 Å². The van der Waals surface area contributed by atoms with Gasteiger partial charge in [0.05, 0.1) is 0 Å². The molecule has 9 aromatic carbocycles. The Morgan fingerprint density at radius 3 is 0.836 bits per heavy atom. The molecular formula is C63H69O3P. The lowest BCUT2D eigenvalue weighted by molar-refractivity contribution is 0.393. The number of unbranched alkanes of at least 4 members (excludes halogenated alkanes) is 12. The number of benzene rings is 9. The third-order valence-corrected chi connectivity index (χ3v) is 14.8. The smallest absolute Gasteiger partial charge is 0.408 e. The number of fused-ring (bicyclic) bond motifs is 6. The number of aryl methyl sites for hydroxylation is 3. The summed E-state index contributed by atoms with van der Waals surface area (Å²) in [5.74, 6) is 2.42. The largest absolute Gasteiger partial charge is 0.530 e. The Balaban J connectivity index is 1.18. The molecule has 0 saturated heterocycles. The molecule has 0 spiro atoms. The van der Waals surface area contributed by atoms with Crippen molar-refractivity contribution < 1.29 is 13.6 Å². The summed E-state index contributed by atoms with van der Waals surface area (Å²) in [7, 11) is -2.04. The van der Waals surface area contributed by atoms with E-state index in [2.05, 4.69) is 166 Å². The zero-order valence-electron chi connectivity index (χ0n) is 40.3. The minimum absolute atomic E-state index is 0.807. The van der Waals surface area contributed by atoms with Crippen LogP contribution in [0.3, 0.4) is 0 Å². The lowest BCUT2D eigenvalue weighted by Gasteiger charge is -2.22. The van der Waals surface area contributed by atoms with Gasteiger partial charge in [0.1, 0.15) is 17.2 Å². The highest BCUT2D eigenvalue weighted by Crippen LogP contribution is 2.49. The van der Waals surface area contributed by atoms with Gasteiger partial charge in [0, 0.05) is 16.2 Å². The normalized spacial score (nSPS) is 11.8. The Labute approximate surface area is 400 Å². The van der Waals surface area contributed by atoms with E-state index >= 15 is 0 Å². The lowest BCUT2D eigenvalue weighted by atomic mass is 9.98. The van der Waals surface area contributed by atoms with Crippen LogP contribution in [0.4, 0.5) is 0 Å². The molecule has 344 valence electrons. The Morgan fingerprint density at radius 1 is 0.284 bits per heavy atom. The predicted octanol–water partition coefficient (Wildman–Crippen LogP) is 19.9. The van der Waals surface area contributed by atoms with Crippen molar-refractivity contribution in [3.63, 3.8) is 0 Å². The van der Waals surface area contributed by atoms with Gasteiger partial charge < -0.3 is 13.6 Å². The van der Waals surface area contributed by atoms with Crippen LogP contribution in [0, 0.1) is 0 Å². The van der Waals surface area contributed by atoms with Crippen molar-refractivity contribution in [2.24, 2.45) is 0 Å². The van der Waals surface area contributed by atoms with Gasteiger partial charge >= 0.3 is 8.60 Å². The summed E-state index contributed by atoms with van der Waals surface area (Å²) in [6.07, 6.45) is 21.5. The van der Waals surface area contributed by atoms with E-state index in [0.29, 0.717) is 0 Å². The fraction of sp³-hybridized carbons (Fsp3) is 0.333. The highest BCUT2D eigenvalue weighted by atomic mass is 31.2. The molecule has 0 aromatic heterocycles. The molecule has 67 heavy (non-hydrogen) atoms. The second-order valence-corrected chi connectivity index (χ2v) is 20.0. The van der Waals surface area contributed by atoms with Gasteiger partial charge in [-0.2, -0.15) is 0 Å². The molecule has 0 aliphatic rings. The van der Waals surface area contributed by atoms with Gasteiger partial charge in [-0.05, 0) is 158 Å². The molecule has 0 atom stereocenters. The summed E-state index contributed by atoms with van der Waals surface area (Å²) >= 11 is 0. The first-order valence-electron chi connectivity index (χ1n) is 25.8. The Bertz CT molecular complexity index is 2750. The second-order valence-electron chi connectivity index (χ2n) is 19.0. The molecule has 0 N–H and O–H groups in total. The van der Waals surface area contributed by atoms with Crippen molar-refractivity contribution in [2.45, 2.75) is 136 Å². The van der Waals surface area contributed by atoms with Gasteiger partial charge in [0.2, 0.25) is 0 Å². The van der Waals surface area contributed by atoms with Crippen molar-refractivity contribution in [1.82, 2.24) is 0 Å². The monoisotopic (exact) mass is 904 g/mol. The van der Waals surface area contributed by atoms with Gasteiger partial charge in [-0.1, -0.05) is 189 Å². The van der Waals surface area contributed by atoms with Crippen molar-refractivity contribution in [3.05, 3.63) is 162 Å². The summed E-state index contributed by atoms with van der Waals surface area (Å²) in [5, 5.41) is 14.0. The fourth-order valence-electron chi connectivity index (χ4n) is 9.99. The van der Waals surface area contributed by atoms with Gasteiger partial charge in [0.25, 0.3) is 0 Å². The summed E-state index contributed by atoms with van der Waals surface area (Å²) < 4.78 is 22.2. The van der Waals surface area contributed by atoms with Gasteiger partial charge in [0.15, 0.2) is 0 Å². The average molecular weight is 905 g/mol. The Hall–Kier alpha value is -5.63. The molecule has 9 rings (SSSR count). The van der Waals surface area contributed by atoms with Crippen LogP contribution in [0.25, 0.3) is 64.6 Å². The van der Waals surface area contributed by atoms with Crippen LogP contribution in [0.2, 0.25) is 0 Å². The summed E-state index contributed by atoms with van der Waals surface area (Å²) in [6.45, 7) is 6.85. The van der Waals surface area contributed by atoms with Crippen LogP contribution >= 0.6 is 8.60 Å². The first-order valence-corrected chi connectivity index (χ1v) is 26.8. The molecule has 9 aromatic rings. The average Bonchev–Trinajstić information content (AvgIpc) is 3.34. The lowest BCUT2D eigenvalue weighted by Crippen LogP contribution is -2.05. The van der Waals surface area contributed by atoms with Crippen molar-refractivity contribution in [1.29, 1.82) is 0 Å². The van der Waals surface area contributed by atoms with E-state index in [1.165, 1.54) is 142 Å². The SMILES string of the molecule is CCCCCCCc1cc(OP(Oc2cc(CCCCCCC)cc3cc4ccccc4cc23)Oc2cc(CCCCCCC)cc3cc4ccccc4cc23)c2cc3ccccc3cc2c1. The maximum atomic E-state index is 7.39. The van der Waals surface area contributed by atoms with Gasteiger partial charge in [-0.3, -0.25) is 0 Å². The van der Waals surface area contributed by atoms with Crippen LogP contribution < -0.4 is 13.6 Å². The standard InChI is InChI=1S/C63H69O3P/c1-4-7-10-13-16-25-46-34-55-40-49-28-19-22-31-52(49)43-58(55)61(37-46)64-67(65-62-38-47(26-17-14-11-8-5-2)35-56-41-50-29-20-23-32-53(50)44-59(56)62)66-63-39-48(27-18-15-12-9-6-3)36-57-42-51-30-21-24-33-54(51)45-60(57)63/h19-24,28-45H,4-18,25-27H2,1-3H3. The van der Waals surface area contributed by atoms with Crippen LogP contribution in [0.15, 0.2) is 146 Å². The highest BCUT2D eigenvalue weighted by molar-refractivity contribution is 7.43. The summed E-state index contributed by atoms with van der Waals surface area (Å²) in [6, 6.07) is 53.8. The number of hydrogen-bond acceptors (Lipinski definition) is 3. The zero-order valence-corrected chi connectivity index (χ0v) is 41.2. The molecule has 4 heteroatoms. The van der Waals surface area contributed by atoms with Crippen LogP contribution in [0.5, 0.6) is 17.2 Å². The molecule has 0 amide bonds. The van der Waals surface area contributed by atoms with Crippen molar-refractivity contribution >= 4 is 73.2 Å². The second kappa shape index (κ2) is 22.9. The molecule has 0 unspecified atom stereocenters. The number of rotatable bonds is 24. The molecule has 0 saturated carbocycles. The first-order chi connectivity index (χ1) is 33.0. The Kier molecular flexibility index (Phi) is 15.9. The Morgan fingerprint density at radius 2 is 0.552 bits per heavy atom. The first kappa shape index (κ1) is 46.5. The summed E-state index contributed by atoms with van der Waals surface area (Å²) in [4.78, 5) is 0. The number of hydrogen-bond donors (Lipinski definition) is 0. The zero-order chi connectivity index (χ0) is 45.8. The van der Waals surface area contributed by atoms with E-state index in [-0.39, 0.29) is 0 Å². The van der Waals surface area contributed by atoms with E-state index in [1.807, 2.05) is 0 Å². The van der Waals surface area contributed by atoms with E-state index in [1.54, 1.807) is 0 Å². The van der Waals surface area contributed by atoms with Crippen molar-refractivity contribution in [3.8, 4) is 17.2 Å². The maximum Gasteiger partial charge on any atom is 0.530 e. The topological polar surface area (TPSA) is 27.7 Å². The molecule has 3 nitrogen and oxygen atoms in total. The molecule has 0 aliphatic carbocycles. The third-order valence-electron chi connectivity index (χ3n) is 13.7. The molecule has 0 aliphatic heterocycles. The molecule has 0 fully saturated rings. The molecular weight excluding hydrogens is 836 g/mol. The maximum absolute atomic E-state index is 7.39. The minimum atomic E-state index is -2.04. The van der Waals surface area contributed by atoms with Crippen LogP contribution in [-0.2, 0) is 19.3 Å².